The van der Waals surface area contributed by atoms with Gasteiger partial charge in [0.1, 0.15) is 0 Å². The van der Waals surface area contributed by atoms with Gasteiger partial charge in [0.05, 0.1) is 0 Å². The van der Waals surface area contributed by atoms with Gasteiger partial charge >= 0.3 is 93.6 Å². The van der Waals surface area contributed by atoms with Gasteiger partial charge in [-0.2, -0.15) is 0 Å². The van der Waals surface area contributed by atoms with Crippen molar-refractivity contribution in [1.29, 1.82) is 0 Å². The van der Waals surface area contributed by atoms with Crippen molar-refractivity contribution in [3.05, 3.63) is 0 Å². The molecule has 0 aliphatic heterocycles. The van der Waals surface area contributed by atoms with Gasteiger partial charge in [0.25, 0.3) is 0 Å². The molecule has 3 nitrogen and oxygen atoms in total. The number of hydrogen-bond donors (Lipinski definition) is 0. The van der Waals surface area contributed by atoms with Crippen molar-refractivity contribution in [3.8, 4) is 0 Å². The molecule has 0 radical (unpaired) electrons. The SMILES string of the molecule is CC(C)[O][Sn]([CH3])([O]C(C)C)[O]C(C)C. The van der Waals surface area contributed by atoms with Crippen molar-refractivity contribution >= 4 is 19.6 Å². The first-order chi connectivity index (χ1) is 6.25. The summed E-state index contributed by atoms with van der Waals surface area (Å²) in [5.41, 5.74) is 0. The second-order valence-corrected chi connectivity index (χ2v) is 11.3. The predicted molar refractivity (Wildman–Crippen MR) is 60.3 cm³/mol. The van der Waals surface area contributed by atoms with Crippen LogP contribution in [0.2, 0.25) is 4.94 Å². The van der Waals surface area contributed by atoms with Gasteiger partial charge in [-0.3, -0.25) is 0 Å². The van der Waals surface area contributed by atoms with Gasteiger partial charge in [0.2, 0.25) is 0 Å². The van der Waals surface area contributed by atoms with Gasteiger partial charge in [-0.05, 0) is 0 Å². The molecule has 4 heteroatoms. The van der Waals surface area contributed by atoms with Crippen molar-refractivity contribution in [2.24, 2.45) is 0 Å². The molecule has 0 N–H and O–H groups in total. The Kier molecular flexibility index (Phi) is 6.61. The van der Waals surface area contributed by atoms with E-state index in [-0.39, 0.29) is 18.3 Å². The van der Waals surface area contributed by atoms with Gasteiger partial charge in [0.15, 0.2) is 0 Å². The maximum atomic E-state index is 5.82. The van der Waals surface area contributed by atoms with E-state index < -0.39 is 19.6 Å². The summed E-state index contributed by atoms with van der Waals surface area (Å²) < 4.78 is 17.5. The predicted octanol–water partition coefficient (Wildman–Crippen LogP) is 2.83. The zero-order valence-corrected chi connectivity index (χ0v) is 13.3. The van der Waals surface area contributed by atoms with Crippen LogP contribution < -0.4 is 0 Å². The fourth-order valence-electron chi connectivity index (χ4n) is 1.37. The molecule has 0 unspecified atom stereocenters. The summed E-state index contributed by atoms with van der Waals surface area (Å²) in [5.74, 6) is 0. The van der Waals surface area contributed by atoms with Gasteiger partial charge in [-0.15, -0.1) is 0 Å². The monoisotopic (exact) mass is 312 g/mol. The van der Waals surface area contributed by atoms with Crippen LogP contribution in [0.25, 0.3) is 0 Å². The molecule has 0 spiro atoms. The number of hydrogen-bond acceptors (Lipinski definition) is 3. The van der Waals surface area contributed by atoms with E-state index in [1.165, 1.54) is 0 Å². The van der Waals surface area contributed by atoms with E-state index in [1.807, 2.05) is 46.5 Å². The first kappa shape index (κ1) is 14.7. The van der Waals surface area contributed by atoms with E-state index in [2.05, 4.69) is 0 Å². The van der Waals surface area contributed by atoms with Crippen molar-refractivity contribution in [2.75, 3.05) is 0 Å². The Morgan fingerprint density at radius 3 is 1.00 bits per heavy atom. The van der Waals surface area contributed by atoms with Crippen LogP contribution in [0.5, 0.6) is 0 Å². The Bertz CT molecular complexity index is 131. The van der Waals surface area contributed by atoms with Crippen LogP contribution in [0, 0.1) is 0 Å². The fraction of sp³-hybridized carbons (Fsp3) is 1.00. The second kappa shape index (κ2) is 6.30. The summed E-state index contributed by atoms with van der Waals surface area (Å²) in [4.78, 5) is 2.02. The molecule has 0 bridgehead atoms. The van der Waals surface area contributed by atoms with Crippen LogP contribution >= 0.6 is 0 Å². The van der Waals surface area contributed by atoms with Crippen LogP contribution in [-0.2, 0) is 9.22 Å². The molecular formula is C10H24O3Sn. The minimum atomic E-state index is -3.21. The van der Waals surface area contributed by atoms with Crippen LogP contribution in [0.4, 0.5) is 0 Å². The zero-order valence-electron chi connectivity index (χ0n) is 10.5. The normalized spacial score (nSPS) is 13.3. The minimum absolute atomic E-state index is 0.174. The molecule has 0 aromatic rings. The molecule has 0 aliphatic carbocycles. The molecular weight excluding hydrogens is 287 g/mol. The summed E-state index contributed by atoms with van der Waals surface area (Å²) in [5, 5.41) is 0. The average Bonchev–Trinajstić information content (AvgIpc) is 1.76. The summed E-state index contributed by atoms with van der Waals surface area (Å²) in [7, 11) is 0. The van der Waals surface area contributed by atoms with Crippen LogP contribution in [-0.4, -0.2) is 37.9 Å². The van der Waals surface area contributed by atoms with Crippen molar-refractivity contribution in [1.82, 2.24) is 0 Å². The molecule has 0 aromatic heterocycles. The number of rotatable bonds is 6. The molecule has 14 heavy (non-hydrogen) atoms. The van der Waals surface area contributed by atoms with Gasteiger partial charge in [-0.1, -0.05) is 0 Å². The Morgan fingerprint density at radius 2 is 0.857 bits per heavy atom. The summed E-state index contributed by atoms with van der Waals surface area (Å²) in [6.07, 6.45) is 0.523. The Labute approximate surface area is 93.6 Å². The van der Waals surface area contributed by atoms with E-state index in [0.29, 0.717) is 0 Å². The van der Waals surface area contributed by atoms with Gasteiger partial charge in [0, 0.05) is 0 Å². The summed E-state index contributed by atoms with van der Waals surface area (Å²) in [6.45, 7) is 12.1. The third kappa shape index (κ3) is 7.03. The third-order valence-corrected chi connectivity index (χ3v) is 9.05. The van der Waals surface area contributed by atoms with Gasteiger partial charge in [-0.25, -0.2) is 0 Å². The second-order valence-electron chi connectivity index (χ2n) is 4.36. The van der Waals surface area contributed by atoms with Crippen LogP contribution in [0.15, 0.2) is 0 Å². The third-order valence-electron chi connectivity index (χ3n) is 1.35. The molecule has 0 saturated heterocycles. The molecule has 0 aliphatic rings. The molecule has 86 valence electrons. The first-order valence-corrected chi connectivity index (χ1v) is 11.6. The van der Waals surface area contributed by atoms with E-state index in [9.17, 15) is 0 Å². The standard InChI is InChI=1S/3C3H7O.CH3.Sn/c3*1-3(2)4;;/h3*3H,1-2H3;1H3;/q3*-1;;+3. The summed E-state index contributed by atoms with van der Waals surface area (Å²) in [6, 6.07) is 0. The van der Waals surface area contributed by atoms with E-state index >= 15 is 0 Å². The Morgan fingerprint density at radius 1 is 0.643 bits per heavy atom. The van der Waals surface area contributed by atoms with Crippen molar-refractivity contribution in [2.45, 2.75) is 64.8 Å². The Hall–Kier alpha value is 0.679. The molecule has 0 rings (SSSR count). The molecule has 0 heterocycles. The van der Waals surface area contributed by atoms with Crippen molar-refractivity contribution < 1.29 is 9.22 Å². The topological polar surface area (TPSA) is 27.7 Å². The first-order valence-electron chi connectivity index (χ1n) is 5.28. The zero-order chi connectivity index (χ0) is 11.4. The van der Waals surface area contributed by atoms with Gasteiger partial charge < -0.3 is 0 Å². The van der Waals surface area contributed by atoms with E-state index in [4.69, 9.17) is 9.22 Å². The van der Waals surface area contributed by atoms with Crippen molar-refractivity contribution in [3.63, 3.8) is 0 Å². The summed E-state index contributed by atoms with van der Waals surface area (Å²) >= 11 is -3.21. The molecule has 0 amide bonds. The van der Waals surface area contributed by atoms with E-state index in [0.717, 1.165) is 0 Å². The molecule has 0 fully saturated rings. The quantitative estimate of drug-likeness (QED) is 0.706. The molecule has 0 atom stereocenters. The molecule has 0 saturated carbocycles. The maximum absolute atomic E-state index is 5.82. The van der Waals surface area contributed by atoms with Crippen LogP contribution in [0.3, 0.4) is 0 Å². The van der Waals surface area contributed by atoms with E-state index in [1.54, 1.807) is 0 Å². The van der Waals surface area contributed by atoms with Crippen LogP contribution in [0.1, 0.15) is 41.5 Å². The Balaban J connectivity index is 4.32. The average molecular weight is 311 g/mol. The fourth-order valence-corrected chi connectivity index (χ4v) is 9.18. The molecule has 0 aromatic carbocycles.